The van der Waals surface area contributed by atoms with E-state index in [1.807, 2.05) is 6.07 Å². The Labute approximate surface area is 117 Å². The number of aryl methyl sites for hydroxylation is 3. The van der Waals surface area contributed by atoms with Gasteiger partial charge in [-0.1, -0.05) is 6.07 Å². The van der Waals surface area contributed by atoms with Crippen LogP contribution in [0.25, 0.3) is 0 Å². The highest BCUT2D eigenvalue weighted by atomic mass is 16.5. The van der Waals surface area contributed by atoms with E-state index in [1.54, 1.807) is 13.0 Å². The summed E-state index contributed by atoms with van der Waals surface area (Å²) in [6.07, 6.45) is 3.46. The number of carboxylic acids is 1. The Morgan fingerprint density at radius 2 is 2.10 bits per heavy atom. The summed E-state index contributed by atoms with van der Waals surface area (Å²) in [5.74, 6) is 0.265. The topological polar surface area (TPSA) is 59.7 Å². The summed E-state index contributed by atoms with van der Waals surface area (Å²) in [5.41, 5.74) is 3.37. The molecule has 1 aliphatic rings. The SMILES string of the molecule is Cc1cc(COc2ccc3c(c2)CCC3)oc1C(=O)O. The Hall–Kier alpha value is -2.23. The molecule has 1 heterocycles. The van der Waals surface area contributed by atoms with Crippen molar-refractivity contribution in [3.63, 3.8) is 0 Å². The van der Waals surface area contributed by atoms with E-state index in [0.717, 1.165) is 18.6 Å². The predicted octanol–water partition coefficient (Wildman–Crippen LogP) is 3.35. The molecule has 4 nitrogen and oxygen atoms in total. The number of carbonyl (C=O) groups is 1. The van der Waals surface area contributed by atoms with Crippen molar-refractivity contribution in [2.45, 2.75) is 32.8 Å². The van der Waals surface area contributed by atoms with E-state index in [2.05, 4.69) is 12.1 Å². The van der Waals surface area contributed by atoms with Crippen LogP contribution in [0.1, 0.15) is 39.4 Å². The molecule has 2 aromatic rings. The molecular weight excluding hydrogens is 256 g/mol. The van der Waals surface area contributed by atoms with Crippen molar-refractivity contribution in [1.82, 2.24) is 0 Å². The van der Waals surface area contributed by atoms with Gasteiger partial charge in [0, 0.05) is 5.56 Å². The maximum atomic E-state index is 10.9. The van der Waals surface area contributed by atoms with Crippen LogP contribution in [0.15, 0.2) is 28.7 Å². The third kappa shape index (κ3) is 2.41. The number of rotatable bonds is 4. The van der Waals surface area contributed by atoms with E-state index in [1.165, 1.54) is 17.5 Å². The highest BCUT2D eigenvalue weighted by Crippen LogP contribution is 2.26. The lowest BCUT2D eigenvalue weighted by Crippen LogP contribution is -1.96. The fourth-order valence-corrected chi connectivity index (χ4v) is 2.62. The molecule has 0 atom stereocenters. The first kappa shape index (κ1) is 12.8. The van der Waals surface area contributed by atoms with Crippen LogP contribution < -0.4 is 4.74 Å². The number of fused-ring (bicyclic) bond motifs is 1. The number of benzene rings is 1. The van der Waals surface area contributed by atoms with Gasteiger partial charge in [-0.15, -0.1) is 0 Å². The van der Waals surface area contributed by atoms with Crippen molar-refractivity contribution in [3.8, 4) is 5.75 Å². The van der Waals surface area contributed by atoms with E-state index in [0.29, 0.717) is 11.3 Å². The molecule has 0 saturated heterocycles. The number of hydrogen-bond donors (Lipinski definition) is 1. The van der Waals surface area contributed by atoms with Crippen LogP contribution in [0.2, 0.25) is 0 Å². The summed E-state index contributed by atoms with van der Waals surface area (Å²) in [4.78, 5) is 10.9. The summed E-state index contributed by atoms with van der Waals surface area (Å²) in [7, 11) is 0. The average molecular weight is 272 g/mol. The second-order valence-electron chi connectivity index (χ2n) is 5.10. The lowest BCUT2D eigenvalue weighted by Gasteiger charge is -2.06. The first-order chi connectivity index (χ1) is 9.63. The lowest BCUT2D eigenvalue weighted by atomic mass is 10.1. The summed E-state index contributed by atoms with van der Waals surface area (Å²) in [6.45, 7) is 1.96. The Morgan fingerprint density at radius 3 is 2.85 bits per heavy atom. The predicted molar refractivity (Wildman–Crippen MR) is 73.2 cm³/mol. The molecule has 3 rings (SSSR count). The molecule has 1 aromatic carbocycles. The molecule has 1 aromatic heterocycles. The molecule has 0 fully saturated rings. The fraction of sp³-hybridized carbons (Fsp3) is 0.312. The minimum atomic E-state index is -1.05. The monoisotopic (exact) mass is 272 g/mol. The van der Waals surface area contributed by atoms with Crippen LogP contribution in [-0.2, 0) is 19.4 Å². The summed E-state index contributed by atoms with van der Waals surface area (Å²) in [6, 6.07) is 7.83. The number of furan rings is 1. The summed E-state index contributed by atoms with van der Waals surface area (Å²) in [5, 5.41) is 8.94. The summed E-state index contributed by atoms with van der Waals surface area (Å²) < 4.78 is 10.9. The zero-order valence-corrected chi connectivity index (χ0v) is 11.3. The zero-order chi connectivity index (χ0) is 14.1. The van der Waals surface area contributed by atoms with Crippen LogP contribution in [0.4, 0.5) is 0 Å². The Balaban J connectivity index is 1.70. The second kappa shape index (κ2) is 5.04. The highest BCUT2D eigenvalue weighted by Gasteiger charge is 2.15. The minimum Gasteiger partial charge on any atom is -0.486 e. The third-order valence-corrected chi connectivity index (χ3v) is 3.61. The summed E-state index contributed by atoms with van der Waals surface area (Å²) >= 11 is 0. The van der Waals surface area contributed by atoms with E-state index in [9.17, 15) is 4.79 Å². The van der Waals surface area contributed by atoms with E-state index in [-0.39, 0.29) is 12.4 Å². The van der Waals surface area contributed by atoms with Crippen molar-refractivity contribution in [3.05, 3.63) is 52.5 Å². The van der Waals surface area contributed by atoms with Crippen LogP contribution in [0.5, 0.6) is 5.75 Å². The smallest absolute Gasteiger partial charge is 0.372 e. The molecular formula is C16H16O4. The van der Waals surface area contributed by atoms with Gasteiger partial charge in [0.25, 0.3) is 0 Å². The van der Waals surface area contributed by atoms with Gasteiger partial charge in [-0.2, -0.15) is 0 Å². The zero-order valence-electron chi connectivity index (χ0n) is 11.3. The van der Waals surface area contributed by atoms with Crippen molar-refractivity contribution >= 4 is 5.97 Å². The standard InChI is InChI=1S/C16H16O4/c1-10-7-14(20-15(10)16(17)18)9-19-13-6-5-11-3-2-4-12(11)8-13/h5-8H,2-4,9H2,1H3,(H,17,18). The number of ether oxygens (including phenoxy) is 1. The molecule has 0 radical (unpaired) electrons. The number of aromatic carboxylic acids is 1. The molecule has 4 heteroatoms. The van der Waals surface area contributed by atoms with Crippen molar-refractivity contribution < 1.29 is 19.1 Å². The normalized spacial score (nSPS) is 13.2. The molecule has 1 aliphatic carbocycles. The quantitative estimate of drug-likeness (QED) is 0.927. The Bertz CT molecular complexity index is 654. The van der Waals surface area contributed by atoms with E-state index < -0.39 is 5.97 Å². The first-order valence-corrected chi connectivity index (χ1v) is 6.70. The van der Waals surface area contributed by atoms with Gasteiger partial charge >= 0.3 is 5.97 Å². The van der Waals surface area contributed by atoms with E-state index >= 15 is 0 Å². The van der Waals surface area contributed by atoms with Gasteiger partial charge in [0.15, 0.2) is 0 Å². The van der Waals surface area contributed by atoms with Crippen LogP contribution in [0, 0.1) is 6.92 Å². The molecule has 0 bridgehead atoms. The fourth-order valence-electron chi connectivity index (χ4n) is 2.62. The maximum absolute atomic E-state index is 10.9. The van der Waals surface area contributed by atoms with Gasteiger partial charge in [-0.05, 0) is 55.5 Å². The molecule has 0 aliphatic heterocycles. The molecule has 0 spiro atoms. The molecule has 0 unspecified atom stereocenters. The van der Waals surface area contributed by atoms with Gasteiger partial charge in [0.05, 0.1) is 0 Å². The largest absolute Gasteiger partial charge is 0.486 e. The van der Waals surface area contributed by atoms with Gasteiger partial charge in [0.2, 0.25) is 5.76 Å². The van der Waals surface area contributed by atoms with Crippen molar-refractivity contribution in [2.75, 3.05) is 0 Å². The van der Waals surface area contributed by atoms with Crippen LogP contribution >= 0.6 is 0 Å². The average Bonchev–Trinajstić information content (AvgIpc) is 3.01. The second-order valence-corrected chi connectivity index (χ2v) is 5.10. The van der Waals surface area contributed by atoms with E-state index in [4.69, 9.17) is 14.3 Å². The first-order valence-electron chi connectivity index (χ1n) is 6.70. The molecule has 20 heavy (non-hydrogen) atoms. The highest BCUT2D eigenvalue weighted by molar-refractivity contribution is 5.86. The Kier molecular flexibility index (Phi) is 3.22. The van der Waals surface area contributed by atoms with Gasteiger partial charge in [-0.25, -0.2) is 4.79 Å². The van der Waals surface area contributed by atoms with Crippen LogP contribution in [-0.4, -0.2) is 11.1 Å². The van der Waals surface area contributed by atoms with Crippen molar-refractivity contribution in [1.29, 1.82) is 0 Å². The third-order valence-electron chi connectivity index (χ3n) is 3.61. The van der Waals surface area contributed by atoms with Gasteiger partial charge in [0.1, 0.15) is 18.1 Å². The number of hydrogen-bond acceptors (Lipinski definition) is 3. The van der Waals surface area contributed by atoms with Gasteiger partial charge in [-0.3, -0.25) is 0 Å². The molecule has 1 N–H and O–H groups in total. The Morgan fingerprint density at radius 1 is 1.30 bits per heavy atom. The molecule has 0 amide bonds. The van der Waals surface area contributed by atoms with Crippen molar-refractivity contribution in [2.24, 2.45) is 0 Å². The van der Waals surface area contributed by atoms with Gasteiger partial charge < -0.3 is 14.3 Å². The molecule has 104 valence electrons. The lowest BCUT2D eigenvalue weighted by molar-refractivity contribution is 0.0657. The molecule has 0 saturated carbocycles. The van der Waals surface area contributed by atoms with Crippen LogP contribution in [0.3, 0.4) is 0 Å². The minimum absolute atomic E-state index is 0.0162. The maximum Gasteiger partial charge on any atom is 0.372 e. The number of carboxylic acid groups (broad SMARTS) is 1.